The Kier molecular flexibility index (Phi) is 8.11. The highest BCUT2D eigenvalue weighted by atomic mass is 32.2. The zero-order valence-electron chi connectivity index (χ0n) is 19.6. The summed E-state index contributed by atoms with van der Waals surface area (Å²) in [5, 5.41) is 13.6. The summed E-state index contributed by atoms with van der Waals surface area (Å²) in [6.45, 7) is 7.85. The van der Waals surface area contributed by atoms with E-state index in [1.807, 2.05) is 26.8 Å². The molecule has 0 saturated carbocycles. The van der Waals surface area contributed by atoms with Gasteiger partial charge in [-0.25, -0.2) is 13.2 Å². The Labute approximate surface area is 199 Å². The second-order valence-electron chi connectivity index (χ2n) is 8.28. The summed E-state index contributed by atoms with van der Waals surface area (Å²) in [6.07, 6.45) is 0.645. The molecule has 1 aliphatic rings. The molecule has 1 N–H and O–H groups in total. The van der Waals surface area contributed by atoms with E-state index < -0.39 is 14.9 Å². The van der Waals surface area contributed by atoms with Crippen molar-refractivity contribution in [2.75, 3.05) is 39.3 Å². The van der Waals surface area contributed by atoms with Crippen molar-refractivity contribution >= 4 is 21.7 Å². The quantitative estimate of drug-likeness (QED) is 0.345. The second-order valence-corrected chi connectivity index (χ2v) is 10.2. The number of carbonyl (C=O) groups is 1. The van der Waals surface area contributed by atoms with Crippen LogP contribution < -0.4 is 10.1 Å². The van der Waals surface area contributed by atoms with Gasteiger partial charge in [0, 0.05) is 44.9 Å². The van der Waals surface area contributed by atoms with Gasteiger partial charge in [0.1, 0.15) is 5.75 Å². The van der Waals surface area contributed by atoms with Gasteiger partial charge in [0.25, 0.3) is 5.69 Å². The average Bonchev–Trinajstić information content (AvgIpc) is 2.81. The first-order chi connectivity index (χ1) is 16.1. The summed E-state index contributed by atoms with van der Waals surface area (Å²) >= 11 is 0. The fourth-order valence-corrected chi connectivity index (χ4v) is 5.15. The van der Waals surface area contributed by atoms with Crippen LogP contribution in [0.2, 0.25) is 0 Å². The molecule has 34 heavy (non-hydrogen) atoms. The van der Waals surface area contributed by atoms with Gasteiger partial charge in [-0.2, -0.15) is 4.31 Å². The molecule has 3 rings (SSSR count). The highest BCUT2D eigenvalue weighted by Crippen LogP contribution is 2.23. The van der Waals surface area contributed by atoms with Crippen LogP contribution in [-0.2, 0) is 10.0 Å². The van der Waals surface area contributed by atoms with Gasteiger partial charge in [-0.15, -0.1) is 0 Å². The highest BCUT2D eigenvalue weighted by Gasteiger charge is 2.30. The summed E-state index contributed by atoms with van der Waals surface area (Å²) in [5.74, 6) is 0.856. The van der Waals surface area contributed by atoms with Gasteiger partial charge in [-0.1, -0.05) is 6.07 Å². The minimum absolute atomic E-state index is 0.00459. The van der Waals surface area contributed by atoms with Crippen LogP contribution >= 0.6 is 0 Å². The fraction of sp³-hybridized carbons (Fsp3) is 0.435. The number of urea groups is 1. The van der Waals surface area contributed by atoms with Gasteiger partial charge < -0.3 is 15.0 Å². The third-order valence-electron chi connectivity index (χ3n) is 5.83. The topological polar surface area (TPSA) is 122 Å². The molecule has 1 saturated heterocycles. The van der Waals surface area contributed by atoms with Crippen LogP contribution in [0.15, 0.2) is 41.3 Å². The number of non-ortho nitro benzene ring substituents is 1. The van der Waals surface area contributed by atoms with Crippen molar-refractivity contribution in [1.82, 2.24) is 14.5 Å². The monoisotopic (exact) mass is 490 g/mol. The third-order valence-corrected chi connectivity index (χ3v) is 7.74. The van der Waals surface area contributed by atoms with Crippen LogP contribution in [0.3, 0.4) is 0 Å². The molecule has 0 unspecified atom stereocenters. The Morgan fingerprint density at radius 1 is 1.09 bits per heavy atom. The molecule has 1 heterocycles. The Morgan fingerprint density at radius 2 is 1.74 bits per heavy atom. The number of rotatable bonds is 8. The molecule has 0 aromatic heterocycles. The van der Waals surface area contributed by atoms with Gasteiger partial charge in [0.2, 0.25) is 10.0 Å². The molecule has 10 nitrogen and oxygen atoms in total. The minimum atomic E-state index is -3.78. The number of nitro benzene ring substituents is 1. The molecule has 1 fully saturated rings. The number of amides is 2. The van der Waals surface area contributed by atoms with Crippen LogP contribution in [0.25, 0.3) is 0 Å². The molecular formula is C23H30N4O6S. The number of piperazine rings is 1. The lowest BCUT2D eigenvalue weighted by atomic mass is 10.1. The molecule has 0 atom stereocenters. The molecule has 0 aliphatic carbocycles. The van der Waals surface area contributed by atoms with Gasteiger partial charge in [0.15, 0.2) is 0 Å². The van der Waals surface area contributed by atoms with Crippen molar-refractivity contribution < 1.29 is 22.9 Å². The Balaban J connectivity index is 1.42. The number of ether oxygens (including phenoxy) is 1. The number of nitrogens with one attached hydrogen (secondary N) is 1. The summed E-state index contributed by atoms with van der Waals surface area (Å²) in [4.78, 5) is 24.2. The number of aryl methyl sites for hydroxylation is 2. The number of hydrogen-bond donors (Lipinski definition) is 1. The van der Waals surface area contributed by atoms with E-state index in [9.17, 15) is 23.3 Å². The Bertz CT molecular complexity index is 1140. The molecule has 2 aromatic rings. The van der Waals surface area contributed by atoms with Crippen LogP contribution in [0.1, 0.15) is 23.1 Å². The second kappa shape index (κ2) is 10.8. The van der Waals surface area contributed by atoms with E-state index >= 15 is 0 Å². The normalized spacial score (nSPS) is 14.6. The van der Waals surface area contributed by atoms with Crippen LogP contribution in [0.4, 0.5) is 10.5 Å². The number of hydrogen-bond acceptors (Lipinski definition) is 6. The molecule has 0 radical (unpaired) electrons. The van der Waals surface area contributed by atoms with Crippen molar-refractivity contribution in [2.45, 2.75) is 32.1 Å². The molecule has 1 aliphatic heterocycles. The summed E-state index contributed by atoms with van der Waals surface area (Å²) in [7, 11) is -3.78. The lowest BCUT2D eigenvalue weighted by molar-refractivity contribution is -0.384. The van der Waals surface area contributed by atoms with E-state index in [2.05, 4.69) is 11.4 Å². The van der Waals surface area contributed by atoms with Crippen molar-refractivity contribution in [1.29, 1.82) is 0 Å². The molecule has 11 heteroatoms. The fourth-order valence-electron chi connectivity index (χ4n) is 3.73. The smallest absolute Gasteiger partial charge is 0.317 e. The molecule has 2 aromatic carbocycles. The van der Waals surface area contributed by atoms with Gasteiger partial charge in [0.05, 0.1) is 16.4 Å². The number of nitrogens with zero attached hydrogens (tertiary/aromatic N) is 3. The van der Waals surface area contributed by atoms with Gasteiger partial charge in [-0.3, -0.25) is 10.1 Å². The molecule has 2 amide bonds. The van der Waals surface area contributed by atoms with Crippen LogP contribution in [0, 0.1) is 30.9 Å². The number of sulfonamides is 1. The maximum Gasteiger partial charge on any atom is 0.317 e. The third kappa shape index (κ3) is 6.03. The van der Waals surface area contributed by atoms with E-state index in [0.29, 0.717) is 19.6 Å². The first-order valence-corrected chi connectivity index (χ1v) is 12.5. The van der Waals surface area contributed by atoms with Crippen LogP contribution in [-0.4, -0.2) is 67.9 Å². The van der Waals surface area contributed by atoms with Crippen LogP contribution in [0.5, 0.6) is 5.75 Å². The van der Waals surface area contributed by atoms with E-state index in [0.717, 1.165) is 16.9 Å². The highest BCUT2D eigenvalue weighted by molar-refractivity contribution is 7.89. The predicted molar refractivity (Wildman–Crippen MR) is 128 cm³/mol. The summed E-state index contributed by atoms with van der Waals surface area (Å²) in [6, 6.07) is 8.67. The van der Waals surface area contributed by atoms with Gasteiger partial charge in [-0.05, 0) is 62.1 Å². The van der Waals surface area contributed by atoms with Crippen molar-refractivity contribution in [3.8, 4) is 5.75 Å². The number of benzene rings is 2. The Morgan fingerprint density at radius 3 is 2.35 bits per heavy atom. The predicted octanol–water partition coefficient (Wildman–Crippen LogP) is 3.01. The number of carbonyl (C=O) groups excluding carboxylic acids is 1. The van der Waals surface area contributed by atoms with Crippen molar-refractivity contribution in [3.05, 3.63) is 63.2 Å². The Hall–Kier alpha value is -3.18. The van der Waals surface area contributed by atoms with E-state index in [-0.39, 0.29) is 42.8 Å². The molecule has 0 bridgehead atoms. The number of nitro groups is 1. The van der Waals surface area contributed by atoms with E-state index in [1.165, 1.54) is 34.1 Å². The van der Waals surface area contributed by atoms with Gasteiger partial charge >= 0.3 is 6.03 Å². The lowest BCUT2D eigenvalue weighted by Crippen LogP contribution is -2.53. The SMILES string of the molecule is Cc1cc(C)c(C)c(OCCCNC(=O)N2CCN(S(=O)(=O)c3ccc([N+](=O)[O-])cc3)CC2)c1. The summed E-state index contributed by atoms with van der Waals surface area (Å²) in [5.41, 5.74) is 3.25. The van der Waals surface area contributed by atoms with E-state index in [1.54, 1.807) is 4.90 Å². The lowest BCUT2D eigenvalue weighted by Gasteiger charge is -2.34. The zero-order valence-corrected chi connectivity index (χ0v) is 20.4. The zero-order chi connectivity index (χ0) is 24.9. The average molecular weight is 491 g/mol. The maximum atomic E-state index is 12.8. The van der Waals surface area contributed by atoms with E-state index in [4.69, 9.17) is 4.74 Å². The molecule has 184 valence electrons. The minimum Gasteiger partial charge on any atom is -0.493 e. The first-order valence-electron chi connectivity index (χ1n) is 11.1. The maximum absolute atomic E-state index is 12.8. The standard InChI is InChI=1S/C23H30N4O6S/c1-17-15-18(2)19(3)22(16-17)33-14-4-9-24-23(28)25-10-12-26(13-11-25)34(31,32)21-7-5-20(6-8-21)27(29)30/h5-8,15-16H,4,9-14H2,1-3H3,(H,24,28). The summed E-state index contributed by atoms with van der Waals surface area (Å²) < 4.78 is 32.7. The molecular weight excluding hydrogens is 460 g/mol. The first kappa shape index (κ1) is 25.4. The van der Waals surface area contributed by atoms with Crippen molar-refractivity contribution in [3.63, 3.8) is 0 Å². The largest absolute Gasteiger partial charge is 0.493 e. The van der Waals surface area contributed by atoms with Crippen molar-refractivity contribution in [2.24, 2.45) is 0 Å². The molecule has 0 spiro atoms.